The van der Waals surface area contributed by atoms with Gasteiger partial charge < -0.3 is 0 Å². The summed E-state index contributed by atoms with van der Waals surface area (Å²) >= 11 is -0.319. The third-order valence-electron chi connectivity index (χ3n) is 1.35. The second kappa shape index (κ2) is 2.15. The van der Waals surface area contributed by atoms with Crippen molar-refractivity contribution in [3.8, 4) is 0 Å². The van der Waals surface area contributed by atoms with Gasteiger partial charge in [-0.25, -0.2) is 0 Å². The van der Waals surface area contributed by atoms with Crippen molar-refractivity contribution in [3.63, 3.8) is 0 Å². The van der Waals surface area contributed by atoms with Crippen LogP contribution in [0.2, 0.25) is 0 Å². The van der Waals surface area contributed by atoms with E-state index < -0.39 is 0 Å². The second-order valence-electron chi connectivity index (χ2n) is 2.30. The molecule has 7 heavy (non-hydrogen) atoms. The fourth-order valence-electron chi connectivity index (χ4n) is 0.895. The predicted octanol–water partition coefficient (Wildman–Crippen LogP) is -1.14. The van der Waals surface area contributed by atoms with Gasteiger partial charge in [0, 0.05) is 0 Å². The molecule has 2 nitrogen and oxygen atoms in total. The summed E-state index contributed by atoms with van der Waals surface area (Å²) < 4.78 is 4.99. The van der Waals surface area contributed by atoms with Crippen molar-refractivity contribution in [1.29, 1.82) is 0 Å². The zero-order chi connectivity index (χ0) is 5.28. The zero-order valence-electron chi connectivity index (χ0n) is 5.02. The molecule has 0 unspecified atom stereocenters. The molecule has 1 rings (SSSR count). The van der Waals surface area contributed by atoms with Crippen LogP contribution in [0.25, 0.3) is 0 Å². The van der Waals surface area contributed by atoms with Gasteiger partial charge in [-0.15, -0.1) is 0 Å². The van der Waals surface area contributed by atoms with E-state index in [1.54, 1.807) is 0 Å². The van der Waals surface area contributed by atoms with E-state index >= 15 is 0 Å². The molecule has 0 aromatic heterocycles. The van der Waals surface area contributed by atoms with Crippen LogP contribution in [-0.2, 0) is 0 Å². The fraction of sp³-hybridized carbons (Fsp3) is 1.00. The number of hydrogen-bond acceptors (Lipinski definition) is 2. The van der Waals surface area contributed by atoms with Crippen molar-refractivity contribution < 1.29 is 0 Å². The number of rotatable bonds is 0. The van der Waals surface area contributed by atoms with Gasteiger partial charge in [0.25, 0.3) is 0 Å². The Hall–Kier alpha value is 0.463. The average molecular weight is 161 g/mol. The average Bonchev–Trinajstić information content (AvgIpc) is 1.87. The third-order valence-corrected chi connectivity index (χ3v) is 4.70. The molecule has 1 saturated heterocycles. The summed E-state index contributed by atoms with van der Waals surface area (Å²) in [4.78, 5) is 0. The summed E-state index contributed by atoms with van der Waals surface area (Å²) in [6.45, 7) is 2.63. The maximum atomic E-state index is 2.49. The molecule has 1 aliphatic heterocycles. The normalized spacial score (nSPS) is 26.6. The monoisotopic (exact) mass is 162 g/mol. The summed E-state index contributed by atoms with van der Waals surface area (Å²) in [5.74, 6) is 0. The Morgan fingerprint density at radius 3 is 1.71 bits per heavy atom. The molecule has 0 aromatic rings. The van der Waals surface area contributed by atoms with Gasteiger partial charge in [0.05, 0.1) is 0 Å². The first-order valence-electron chi connectivity index (χ1n) is 2.66. The molecular weight excluding hydrogens is 149 g/mol. The van der Waals surface area contributed by atoms with E-state index in [1.165, 1.54) is 13.1 Å². The Kier molecular flexibility index (Phi) is 1.72. The van der Waals surface area contributed by atoms with Crippen LogP contribution in [0.4, 0.5) is 0 Å². The zero-order valence-corrected chi connectivity index (χ0v) is 7.98. The molecule has 0 bridgehead atoms. The molecule has 0 radical (unpaired) electrons. The Morgan fingerprint density at radius 2 is 1.57 bits per heavy atom. The first-order chi connectivity index (χ1) is 3.29. The van der Waals surface area contributed by atoms with E-state index in [-0.39, 0.29) is 15.9 Å². The van der Waals surface area contributed by atoms with E-state index in [0.29, 0.717) is 0 Å². The van der Waals surface area contributed by atoms with Gasteiger partial charge in [-0.1, -0.05) is 0 Å². The molecular formula is C4H12GeN2. The van der Waals surface area contributed by atoms with Crippen molar-refractivity contribution in [2.75, 3.05) is 27.2 Å². The van der Waals surface area contributed by atoms with Crippen LogP contribution in [-0.4, -0.2) is 50.8 Å². The van der Waals surface area contributed by atoms with E-state index in [2.05, 4.69) is 21.8 Å². The molecule has 1 heterocycles. The molecule has 1 fully saturated rings. The topological polar surface area (TPSA) is 6.48 Å². The fourth-order valence-corrected chi connectivity index (χ4v) is 3.81. The van der Waals surface area contributed by atoms with Crippen LogP contribution >= 0.6 is 0 Å². The van der Waals surface area contributed by atoms with Crippen LogP contribution in [0, 0.1) is 0 Å². The molecule has 3 heteroatoms. The summed E-state index contributed by atoms with van der Waals surface area (Å²) in [6, 6.07) is 0. The van der Waals surface area contributed by atoms with E-state index in [9.17, 15) is 0 Å². The molecule has 0 atom stereocenters. The Balaban J connectivity index is 2.26. The van der Waals surface area contributed by atoms with Crippen LogP contribution in [0.3, 0.4) is 0 Å². The molecule has 0 spiro atoms. The van der Waals surface area contributed by atoms with Gasteiger partial charge in [0.2, 0.25) is 0 Å². The molecule has 0 N–H and O–H groups in total. The molecule has 1 aliphatic rings. The van der Waals surface area contributed by atoms with Crippen molar-refractivity contribution >= 4 is 15.9 Å². The van der Waals surface area contributed by atoms with Gasteiger partial charge in [0.1, 0.15) is 0 Å². The Labute approximate surface area is 51.4 Å². The predicted molar refractivity (Wildman–Crippen MR) is 33.8 cm³/mol. The quantitative estimate of drug-likeness (QED) is 0.414. The van der Waals surface area contributed by atoms with Crippen LogP contribution in [0.5, 0.6) is 0 Å². The first-order valence-corrected chi connectivity index (χ1v) is 5.31. The van der Waals surface area contributed by atoms with Crippen LogP contribution in [0.15, 0.2) is 0 Å². The van der Waals surface area contributed by atoms with Crippen molar-refractivity contribution in [2.24, 2.45) is 0 Å². The summed E-state index contributed by atoms with van der Waals surface area (Å²) in [6.07, 6.45) is 0. The molecule has 0 amide bonds. The number of hydrogen-bond donors (Lipinski definition) is 0. The number of nitrogens with zero attached hydrogens (tertiary/aromatic N) is 2. The second-order valence-corrected chi connectivity index (χ2v) is 7.42. The minimum atomic E-state index is -0.319. The summed E-state index contributed by atoms with van der Waals surface area (Å²) in [5.41, 5.74) is 0. The summed E-state index contributed by atoms with van der Waals surface area (Å²) in [7, 11) is 4.45. The maximum absolute atomic E-state index is 2.49. The summed E-state index contributed by atoms with van der Waals surface area (Å²) in [5, 5.41) is 0. The van der Waals surface area contributed by atoms with Crippen molar-refractivity contribution in [2.45, 2.75) is 0 Å². The van der Waals surface area contributed by atoms with Gasteiger partial charge >= 0.3 is 50.8 Å². The molecule has 0 aliphatic carbocycles. The van der Waals surface area contributed by atoms with Gasteiger partial charge in [-0.3, -0.25) is 0 Å². The third kappa shape index (κ3) is 1.44. The first kappa shape index (κ1) is 5.60. The molecule has 0 aromatic carbocycles. The Bertz CT molecular complexity index is 58.7. The van der Waals surface area contributed by atoms with E-state index in [0.717, 1.165) is 0 Å². The van der Waals surface area contributed by atoms with Crippen molar-refractivity contribution in [1.82, 2.24) is 7.71 Å². The van der Waals surface area contributed by atoms with E-state index in [4.69, 9.17) is 0 Å². The van der Waals surface area contributed by atoms with Crippen molar-refractivity contribution in [3.05, 3.63) is 0 Å². The van der Waals surface area contributed by atoms with Gasteiger partial charge in [0.15, 0.2) is 0 Å². The minimum absolute atomic E-state index is 0.319. The van der Waals surface area contributed by atoms with E-state index in [1.807, 2.05) is 0 Å². The standard InChI is InChI=1S/C4H12GeN2/c1-6-3-4-7(2)5-6/h3-5H2,1-2H3. The Morgan fingerprint density at radius 1 is 1.14 bits per heavy atom. The molecule has 0 saturated carbocycles. The van der Waals surface area contributed by atoms with Gasteiger partial charge in [-0.05, 0) is 0 Å². The van der Waals surface area contributed by atoms with Crippen LogP contribution in [0.1, 0.15) is 0 Å². The van der Waals surface area contributed by atoms with Crippen LogP contribution < -0.4 is 0 Å². The molecule has 42 valence electrons. The van der Waals surface area contributed by atoms with Gasteiger partial charge in [-0.2, -0.15) is 0 Å². The number of likely N-dealkylation sites (N-methyl/N-ethyl adjacent to an activating group) is 2. The SMILES string of the molecule is C[N]1CC[N](C)[GeH2]1.